The van der Waals surface area contributed by atoms with Gasteiger partial charge in [-0.3, -0.25) is 0 Å². The van der Waals surface area contributed by atoms with Gasteiger partial charge in [-0.15, -0.1) is 0 Å². The van der Waals surface area contributed by atoms with E-state index in [0.717, 1.165) is 0 Å². The summed E-state index contributed by atoms with van der Waals surface area (Å²) in [4.78, 5) is 0. The van der Waals surface area contributed by atoms with Gasteiger partial charge in [-0.2, -0.15) is 0 Å². The number of hydrogen-bond acceptors (Lipinski definition) is 2. The molecule has 6 heavy (non-hydrogen) atoms. The molecule has 0 bridgehead atoms. The molecule has 1 N–H and O–H groups in total. The minimum atomic E-state index is 0.502. The average Bonchev–Trinajstić information content (AvgIpc) is 1.65. The van der Waals surface area contributed by atoms with Crippen LogP contribution < -0.4 is 0 Å². The lowest BCUT2D eigenvalue weighted by atomic mass is 10.9. The fourth-order valence-corrected chi connectivity index (χ4v) is 0.139. The third-order valence-corrected chi connectivity index (χ3v) is 1.94. The molecule has 0 atom stereocenters. The van der Waals surface area contributed by atoms with E-state index in [2.05, 4.69) is 37.0 Å². The molecule has 0 aromatic rings. The molecular formula is C2H3Br2NO. The second-order valence-electron chi connectivity index (χ2n) is 0.610. The van der Waals surface area contributed by atoms with Crippen molar-refractivity contribution in [3.05, 3.63) is 0 Å². The molecule has 0 aromatic heterocycles. The molecule has 4 heteroatoms. The van der Waals surface area contributed by atoms with Crippen molar-refractivity contribution in [2.45, 2.75) is 0 Å². The number of hydrogen-bond donors (Lipinski definition) is 1. The number of oxime groups is 1. The maximum atomic E-state index is 7.85. The first-order chi connectivity index (χ1) is 2.81. The van der Waals surface area contributed by atoms with Crippen molar-refractivity contribution in [2.75, 3.05) is 5.33 Å². The van der Waals surface area contributed by atoms with Gasteiger partial charge in [0.2, 0.25) is 0 Å². The van der Waals surface area contributed by atoms with E-state index in [1.54, 1.807) is 0 Å². The number of rotatable bonds is 1. The Hall–Kier alpha value is 0.430. The summed E-state index contributed by atoms with van der Waals surface area (Å²) in [5, 5.41) is 11.2. The summed E-state index contributed by atoms with van der Waals surface area (Å²) >= 11 is 5.97. The molecule has 0 amide bonds. The first-order valence-electron chi connectivity index (χ1n) is 1.23. The Bertz CT molecular complexity index is 62.6. The molecule has 0 aliphatic carbocycles. The second kappa shape index (κ2) is 3.61. The Morgan fingerprint density at radius 3 is 2.33 bits per heavy atom. The molecule has 0 radical (unpaired) electrons. The predicted molar refractivity (Wildman–Crippen MR) is 31.9 cm³/mol. The minimum absolute atomic E-state index is 0.502. The van der Waals surface area contributed by atoms with Crippen LogP contribution in [0.4, 0.5) is 0 Å². The van der Waals surface area contributed by atoms with Crippen molar-refractivity contribution in [1.82, 2.24) is 0 Å². The smallest absolute Gasteiger partial charge is 0.132 e. The number of nitrogens with zero attached hydrogens (tertiary/aromatic N) is 1. The highest BCUT2D eigenvalue weighted by atomic mass is 79.9. The molecule has 0 saturated heterocycles. The molecule has 0 unspecified atom stereocenters. The third-order valence-electron chi connectivity index (χ3n) is 0.219. The van der Waals surface area contributed by atoms with Crippen molar-refractivity contribution in [3.63, 3.8) is 0 Å². The molecule has 0 saturated carbocycles. The van der Waals surface area contributed by atoms with Crippen LogP contribution in [0, 0.1) is 0 Å². The fraction of sp³-hybridized carbons (Fsp3) is 0.500. The summed E-state index contributed by atoms with van der Waals surface area (Å²) < 4.78 is 0.502. The zero-order valence-electron chi connectivity index (χ0n) is 2.86. The van der Waals surface area contributed by atoms with Gasteiger partial charge in [0.1, 0.15) is 4.62 Å². The highest BCUT2D eigenvalue weighted by Crippen LogP contribution is 1.91. The van der Waals surface area contributed by atoms with Gasteiger partial charge in [-0.1, -0.05) is 21.1 Å². The molecule has 0 aliphatic rings. The van der Waals surface area contributed by atoms with Crippen LogP contribution in [-0.2, 0) is 0 Å². The van der Waals surface area contributed by atoms with Crippen LogP contribution in [-0.4, -0.2) is 15.2 Å². The molecule has 2 nitrogen and oxygen atoms in total. The van der Waals surface area contributed by atoms with Crippen molar-refractivity contribution in [2.24, 2.45) is 5.16 Å². The molecule has 0 heterocycles. The Labute approximate surface area is 52.5 Å². The summed E-state index contributed by atoms with van der Waals surface area (Å²) in [6.07, 6.45) is 0. The van der Waals surface area contributed by atoms with Crippen LogP contribution in [0.5, 0.6) is 0 Å². The highest BCUT2D eigenvalue weighted by Gasteiger charge is 1.82. The van der Waals surface area contributed by atoms with E-state index in [-0.39, 0.29) is 0 Å². The van der Waals surface area contributed by atoms with Gasteiger partial charge >= 0.3 is 0 Å². The monoisotopic (exact) mass is 215 g/mol. The first-order valence-corrected chi connectivity index (χ1v) is 3.15. The molecular weight excluding hydrogens is 214 g/mol. The number of halogens is 2. The van der Waals surface area contributed by atoms with Crippen molar-refractivity contribution in [3.8, 4) is 0 Å². The lowest BCUT2D eigenvalue weighted by molar-refractivity contribution is 0.321. The first kappa shape index (κ1) is 6.43. The van der Waals surface area contributed by atoms with E-state index in [0.29, 0.717) is 9.95 Å². The summed E-state index contributed by atoms with van der Waals surface area (Å²) in [6, 6.07) is 0. The lowest BCUT2D eigenvalue weighted by Crippen LogP contribution is -1.82. The third kappa shape index (κ3) is 2.66. The Balaban J connectivity index is 3.22. The van der Waals surface area contributed by atoms with Gasteiger partial charge < -0.3 is 5.21 Å². The zero-order valence-corrected chi connectivity index (χ0v) is 6.03. The zero-order chi connectivity index (χ0) is 4.99. The largest absolute Gasteiger partial charge is 0.410 e. The Kier molecular flexibility index (Phi) is 3.87. The van der Waals surface area contributed by atoms with Gasteiger partial charge in [-0.25, -0.2) is 0 Å². The topological polar surface area (TPSA) is 32.6 Å². The summed E-state index contributed by atoms with van der Waals surface area (Å²) in [5.74, 6) is 0. The van der Waals surface area contributed by atoms with E-state index < -0.39 is 0 Å². The van der Waals surface area contributed by atoms with Gasteiger partial charge in [0.25, 0.3) is 0 Å². The summed E-state index contributed by atoms with van der Waals surface area (Å²) in [5.41, 5.74) is 0. The van der Waals surface area contributed by atoms with Gasteiger partial charge in [0, 0.05) is 0 Å². The van der Waals surface area contributed by atoms with Gasteiger partial charge in [0.15, 0.2) is 0 Å². The second-order valence-corrected chi connectivity index (χ2v) is 2.09. The van der Waals surface area contributed by atoms with Crippen molar-refractivity contribution in [1.29, 1.82) is 0 Å². The molecule has 0 aliphatic heterocycles. The van der Waals surface area contributed by atoms with Gasteiger partial charge in [-0.05, 0) is 15.9 Å². The quantitative estimate of drug-likeness (QED) is 0.307. The Morgan fingerprint density at radius 1 is 1.83 bits per heavy atom. The maximum Gasteiger partial charge on any atom is 0.132 e. The number of alkyl halides is 1. The molecule has 0 rings (SSSR count). The van der Waals surface area contributed by atoms with E-state index in [4.69, 9.17) is 5.21 Å². The van der Waals surface area contributed by atoms with Crippen LogP contribution in [0.25, 0.3) is 0 Å². The van der Waals surface area contributed by atoms with Crippen LogP contribution >= 0.6 is 31.9 Å². The normalized spacial score (nSPS) is 12.0. The highest BCUT2D eigenvalue weighted by molar-refractivity contribution is 9.20. The van der Waals surface area contributed by atoms with Crippen LogP contribution in [0.15, 0.2) is 5.16 Å². The van der Waals surface area contributed by atoms with E-state index in [1.165, 1.54) is 0 Å². The van der Waals surface area contributed by atoms with Crippen LogP contribution in [0.3, 0.4) is 0 Å². The van der Waals surface area contributed by atoms with Crippen molar-refractivity contribution >= 4 is 36.5 Å². The van der Waals surface area contributed by atoms with E-state index in [1.807, 2.05) is 0 Å². The van der Waals surface area contributed by atoms with E-state index in [9.17, 15) is 0 Å². The maximum absolute atomic E-state index is 7.85. The van der Waals surface area contributed by atoms with Crippen LogP contribution in [0.2, 0.25) is 0 Å². The summed E-state index contributed by atoms with van der Waals surface area (Å²) in [7, 11) is 0. The standard InChI is InChI=1S/C2H3Br2NO/c3-1-2(4)5-6/h6H,1H2. The minimum Gasteiger partial charge on any atom is -0.410 e. The SMILES string of the molecule is ON=C(Br)CBr. The Morgan fingerprint density at radius 2 is 2.33 bits per heavy atom. The van der Waals surface area contributed by atoms with E-state index >= 15 is 0 Å². The average molecular weight is 217 g/mol. The van der Waals surface area contributed by atoms with Crippen LogP contribution in [0.1, 0.15) is 0 Å². The molecule has 0 aromatic carbocycles. The van der Waals surface area contributed by atoms with Crippen molar-refractivity contribution < 1.29 is 5.21 Å². The molecule has 0 fully saturated rings. The summed E-state index contributed by atoms with van der Waals surface area (Å²) in [6.45, 7) is 0. The lowest BCUT2D eigenvalue weighted by Gasteiger charge is -1.77. The molecule has 0 spiro atoms. The van der Waals surface area contributed by atoms with Gasteiger partial charge in [0.05, 0.1) is 5.33 Å². The predicted octanol–water partition coefficient (Wildman–Crippen LogP) is 1.56. The fourth-order valence-electron chi connectivity index (χ4n) is 0.0267. The molecule has 36 valence electrons.